The Balaban J connectivity index is 2.56. The summed E-state index contributed by atoms with van der Waals surface area (Å²) in [6.45, 7) is 5.84. The molecule has 0 spiro atoms. The van der Waals surface area contributed by atoms with Crippen LogP contribution in [0.4, 0.5) is 5.69 Å². The molecule has 0 N–H and O–H groups in total. The number of allylic oxidation sites excluding steroid dienone is 2. The molecular weight excluding hydrogens is 276 g/mol. The SMILES string of the molecule is CCN(CC)c1ccc2c(c1)OC(=C(C#N)C#N)C(C#N)=C2. The highest BCUT2D eigenvalue weighted by molar-refractivity contribution is 5.74. The minimum atomic E-state index is -0.202. The van der Waals surface area contributed by atoms with Crippen LogP contribution in [0, 0.1) is 34.0 Å². The normalized spacial score (nSPS) is 12.0. The molecule has 108 valence electrons. The van der Waals surface area contributed by atoms with Crippen LogP contribution in [0.2, 0.25) is 0 Å². The van der Waals surface area contributed by atoms with Crippen LogP contribution in [0.1, 0.15) is 19.4 Å². The lowest BCUT2D eigenvalue weighted by Crippen LogP contribution is -2.22. The zero-order valence-corrected chi connectivity index (χ0v) is 12.4. The molecule has 0 fully saturated rings. The molecule has 0 aliphatic carbocycles. The molecule has 0 aromatic heterocycles. The van der Waals surface area contributed by atoms with E-state index in [4.69, 9.17) is 15.3 Å². The van der Waals surface area contributed by atoms with E-state index in [2.05, 4.69) is 18.7 Å². The second-order valence-corrected chi connectivity index (χ2v) is 4.59. The van der Waals surface area contributed by atoms with Gasteiger partial charge in [-0.3, -0.25) is 0 Å². The van der Waals surface area contributed by atoms with E-state index in [1.165, 1.54) is 0 Å². The topological polar surface area (TPSA) is 83.8 Å². The number of anilines is 1. The lowest BCUT2D eigenvalue weighted by atomic mass is 10.0. The Bertz CT molecular complexity index is 764. The second-order valence-electron chi connectivity index (χ2n) is 4.59. The van der Waals surface area contributed by atoms with Crippen molar-refractivity contribution < 1.29 is 4.74 Å². The number of rotatable bonds is 3. The summed E-state index contributed by atoms with van der Waals surface area (Å²) in [6, 6.07) is 11.2. The third-order valence-corrected chi connectivity index (χ3v) is 3.45. The van der Waals surface area contributed by atoms with Gasteiger partial charge in [-0.25, -0.2) is 0 Å². The number of benzene rings is 1. The standard InChI is InChI=1S/C17H14N4O/c1-3-21(4-2)15-6-5-12-7-13(9-18)17(14(10-19)11-20)22-16(12)8-15/h5-8H,3-4H2,1-2H3. The smallest absolute Gasteiger partial charge is 0.173 e. The number of ether oxygens (including phenoxy) is 1. The Morgan fingerprint density at radius 3 is 2.36 bits per heavy atom. The molecular formula is C17H14N4O. The van der Waals surface area contributed by atoms with Gasteiger partial charge in [0.05, 0.1) is 5.57 Å². The quantitative estimate of drug-likeness (QED) is 0.798. The molecule has 1 aromatic carbocycles. The van der Waals surface area contributed by atoms with Crippen LogP contribution in [0.5, 0.6) is 5.75 Å². The molecule has 5 heteroatoms. The first-order valence-corrected chi connectivity index (χ1v) is 6.91. The van der Waals surface area contributed by atoms with Gasteiger partial charge in [0.25, 0.3) is 0 Å². The van der Waals surface area contributed by atoms with Crippen LogP contribution in [-0.2, 0) is 0 Å². The van der Waals surface area contributed by atoms with Crippen molar-refractivity contribution in [2.75, 3.05) is 18.0 Å². The summed E-state index contributed by atoms with van der Waals surface area (Å²) in [7, 11) is 0. The molecule has 0 radical (unpaired) electrons. The maximum atomic E-state index is 9.19. The van der Waals surface area contributed by atoms with Gasteiger partial charge in [-0.15, -0.1) is 0 Å². The fraction of sp³-hybridized carbons (Fsp3) is 0.235. The van der Waals surface area contributed by atoms with E-state index in [9.17, 15) is 5.26 Å². The van der Waals surface area contributed by atoms with E-state index in [1.54, 1.807) is 18.2 Å². The van der Waals surface area contributed by atoms with E-state index >= 15 is 0 Å². The molecule has 0 atom stereocenters. The first-order valence-electron chi connectivity index (χ1n) is 6.91. The van der Waals surface area contributed by atoms with Gasteiger partial charge in [-0.1, -0.05) is 0 Å². The third kappa shape index (κ3) is 2.64. The summed E-state index contributed by atoms with van der Waals surface area (Å²) in [5.41, 5.74) is 1.73. The second kappa shape index (κ2) is 6.48. The van der Waals surface area contributed by atoms with Crippen molar-refractivity contribution in [2.24, 2.45) is 0 Å². The predicted octanol–water partition coefficient (Wildman–Crippen LogP) is 3.13. The lowest BCUT2D eigenvalue weighted by Gasteiger charge is -2.24. The number of nitriles is 3. The maximum absolute atomic E-state index is 9.19. The molecule has 0 unspecified atom stereocenters. The van der Waals surface area contributed by atoms with Gasteiger partial charge in [0.1, 0.15) is 24.0 Å². The summed E-state index contributed by atoms with van der Waals surface area (Å²) in [5.74, 6) is 0.568. The monoisotopic (exact) mass is 290 g/mol. The predicted molar refractivity (Wildman–Crippen MR) is 82.5 cm³/mol. The zero-order valence-electron chi connectivity index (χ0n) is 12.4. The third-order valence-electron chi connectivity index (χ3n) is 3.45. The molecule has 2 rings (SSSR count). The molecule has 1 heterocycles. The van der Waals surface area contributed by atoms with E-state index < -0.39 is 0 Å². The average Bonchev–Trinajstić information content (AvgIpc) is 2.56. The van der Waals surface area contributed by atoms with Crippen molar-refractivity contribution in [1.29, 1.82) is 15.8 Å². The Kier molecular flexibility index (Phi) is 4.47. The highest BCUT2D eigenvalue weighted by atomic mass is 16.5. The summed E-state index contributed by atoms with van der Waals surface area (Å²) in [5, 5.41) is 27.2. The maximum Gasteiger partial charge on any atom is 0.173 e. The summed E-state index contributed by atoms with van der Waals surface area (Å²) >= 11 is 0. The number of hydrogen-bond acceptors (Lipinski definition) is 5. The van der Waals surface area contributed by atoms with Gasteiger partial charge in [-0.2, -0.15) is 15.8 Å². The summed E-state index contributed by atoms with van der Waals surface area (Å²) < 4.78 is 5.68. The number of hydrogen-bond donors (Lipinski definition) is 0. The van der Waals surface area contributed by atoms with Crippen LogP contribution in [0.3, 0.4) is 0 Å². The van der Waals surface area contributed by atoms with Gasteiger partial charge >= 0.3 is 0 Å². The van der Waals surface area contributed by atoms with Crippen LogP contribution in [0.25, 0.3) is 6.08 Å². The molecule has 1 aliphatic rings. The summed E-state index contributed by atoms with van der Waals surface area (Å²) in [4.78, 5) is 2.16. The largest absolute Gasteiger partial charge is 0.453 e. The highest BCUT2D eigenvalue weighted by Gasteiger charge is 2.22. The van der Waals surface area contributed by atoms with Gasteiger partial charge in [-0.05, 0) is 32.1 Å². The lowest BCUT2D eigenvalue weighted by molar-refractivity contribution is 0.432. The Hall–Kier alpha value is -3.23. The fourth-order valence-electron chi connectivity index (χ4n) is 2.30. The van der Waals surface area contributed by atoms with Gasteiger partial charge in [0.2, 0.25) is 0 Å². The van der Waals surface area contributed by atoms with Crippen LogP contribution >= 0.6 is 0 Å². The van der Waals surface area contributed by atoms with E-state index in [0.717, 1.165) is 24.3 Å². The fourth-order valence-corrected chi connectivity index (χ4v) is 2.30. The molecule has 0 amide bonds. The van der Waals surface area contributed by atoms with Crippen molar-refractivity contribution in [3.8, 4) is 24.0 Å². The van der Waals surface area contributed by atoms with Gasteiger partial charge < -0.3 is 9.64 Å². The Morgan fingerprint density at radius 2 is 1.82 bits per heavy atom. The van der Waals surface area contributed by atoms with Crippen molar-refractivity contribution in [2.45, 2.75) is 13.8 Å². The highest BCUT2D eigenvalue weighted by Crippen LogP contribution is 2.35. The number of nitrogens with zero attached hydrogens (tertiary/aromatic N) is 4. The molecule has 0 bridgehead atoms. The van der Waals surface area contributed by atoms with Crippen molar-refractivity contribution in [1.82, 2.24) is 0 Å². The van der Waals surface area contributed by atoms with E-state index in [1.807, 2.05) is 24.3 Å². The molecule has 1 aromatic rings. The van der Waals surface area contributed by atoms with Gasteiger partial charge in [0.15, 0.2) is 11.3 Å². The molecule has 5 nitrogen and oxygen atoms in total. The van der Waals surface area contributed by atoms with Gasteiger partial charge in [0, 0.05) is 30.4 Å². The van der Waals surface area contributed by atoms with Crippen LogP contribution in [0.15, 0.2) is 35.1 Å². The van der Waals surface area contributed by atoms with E-state index in [0.29, 0.717) is 5.75 Å². The molecule has 0 saturated carbocycles. The van der Waals surface area contributed by atoms with Crippen molar-refractivity contribution >= 4 is 11.8 Å². The van der Waals surface area contributed by atoms with Crippen LogP contribution < -0.4 is 9.64 Å². The Morgan fingerprint density at radius 1 is 1.14 bits per heavy atom. The first kappa shape index (κ1) is 15.2. The van der Waals surface area contributed by atoms with Crippen LogP contribution in [-0.4, -0.2) is 13.1 Å². The molecule has 22 heavy (non-hydrogen) atoms. The zero-order chi connectivity index (χ0) is 16.1. The molecule has 1 aliphatic heterocycles. The minimum Gasteiger partial charge on any atom is -0.453 e. The summed E-state index contributed by atoms with van der Waals surface area (Å²) in [6.07, 6.45) is 1.63. The first-order chi connectivity index (χ1) is 10.7. The Labute approximate surface area is 129 Å². The van der Waals surface area contributed by atoms with Crippen molar-refractivity contribution in [3.63, 3.8) is 0 Å². The van der Waals surface area contributed by atoms with E-state index in [-0.39, 0.29) is 16.9 Å². The average molecular weight is 290 g/mol. The minimum absolute atomic E-state index is 0.0247. The molecule has 0 saturated heterocycles. The van der Waals surface area contributed by atoms with Crippen molar-refractivity contribution in [3.05, 3.63) is 40.7 Å². The number of fused-ring (bicyclic) bond motifs is 1.